The van der Waals surface area contributed by atoms with Crippen LogP contribution in [0.15, 0.2) is 36.9 Å². The standard InChI is InChI=1S/C15H22N2O3S/c1-4-10-16-15(18)9-11-17(21(3,19)20)12-14-8-6-5-7-13(14)2/h4-8H,1,9-12H2,2-3H3,(H,16,18). The topological polar surface area (TPSA) is 66.5 Å². The van der Waals surface area contributed by atoms with Crippen molar-refractivity contribution < 1.29 is 13.2 Å². The zero-order valence-electron chi connectivity index (χ0n) is 12.5. The molecule has 0 aliphatic carbocycles. The zero-order chi connectivity index (χ0) is 15.9. The Balaban J connectivity index is 2.72. The van der Waals surface area contributed by atoms with Crippen LogP contribution >= 0.6 is 0 Å². The van der Waals surface area contributed by atoms with Gasteiger partial charge >= 0.3 is 0 Å². The summed E-state index contributed by atoms with van der Waals surface area (Å²) in [5.74, 6) is -0.187. The van der Waals surface area contributed by atoms with Crippen LogP contribution in [-0.4, -0.2) is 38.0 Å². The number of carbonyl (C=O) groups is 1. The highest BCUT2D eigenvalue weighted by molar-refractivity contribution is 7.88. The Bertz CT molecular complexity index is 597. The van der Waals surface area contributed by atoms with Crippen LogP contribution in [0, 0.1) is 6.92 Å². The number of rotatable bonds is 8. The average molecular weight is 310 g/mol. The van der Waals surface area contributed by atoms with Crippen molar-refractivity contribution in [2.75, 3.05) is 19.3 Å². The molecule has 1 aromatic rings. The van der Waals surface area contributed by atoms with Gasteiger partial charge in [0.1, 0.15) is 0 Å². The molecule has 6 heteroatoms. The largest absolute Gasteiger partial charge is 0.353 e. The number of nitrogens with one attached hydrogen (secondary N) is 1. The van der Waals surface area contributed by atoms with Gasteiger partial charge in [-0.3, -0.25) is 4.79 Å². The third kappa shape index (κ3) is 6.10. The van der Waals surface area contributed by atoms with Crippen LogP contribution in [0.3, 0.4) is 0 Å². The maximum atomic E-state index is 11.9. The molecule has 0 aliphatic heterocycles. The summed E-state index contributed by atoms with van der Waals surface area (Å²) in [4.78, 5) is 11.6. The molecule has 5 nitrogen and oxygen atoms in total. The number of hydrogen-bond donors (Lipinski definition) is 1. The first-order chi connectivity index (χ1) is 9.84. The van der Waals surface area contributed by atoms with E-state index in [0.717, 1.165) is 17.4 Å². The molecule has 0 heterocycles. The molecule has 1 N–H and O–H groups in total. The van der Waals surface area contributed by atoms with E-state index < -0.39 is 10.0 Å². The number of sulfonamides is 1. The molecule has 0 atom stereocenters. The second kappa shape index (κ2) is 7.95. The molecule has 1 rings (SSSR count). The number of hydrogen-bond acceptors (Lipinski definition) is 3. The maximum Gasteiger partial charge on any atom is 0.221 e. The van der Waals surface area contributed by atoms with E-state index in [1.165, 1.54) is 4.31 Å². The lowest BCUT2D eigenvalue weighted by Crippen LogP contribution is -2.34. The number of aryl methyl sites for hydroxylation is 1. The quantitative estimate of drug-likeness (QED) is 0.739. The molecule has 21 heavy (non-hydrogen) atoms. The molecule has 0 bridgehead atoms. The fraction of sp³-hybridized carbons (Fsp3) is 0.400. The van der Waals surface area contributed by atoms with Gasteiger partial charge in [-0.2, -0.15) is 4.31 Å². The minimum Gasteiger partial charge on any atom is -0.353 e. The van der Waals surface area contributed by atoms with Crippen molar-refractivity contribution in [1.29, 1.82) is 0 Å². The van der Waals surface area contributed by atoms with Crippen molar-refractivity contribution >= 4 is 15.9 Å². The van der Waals surface area contributed by atoms with E-state index in [0.29, 0.717) is 6.54 Å². The fourth-order valence-electron chi connectivity index (χ4n) is 1.84. The average Bonchev–Trinajstić information content (AvgIpc) is 2.41. The molecule has 0 saturated heterocycles. The van der Waals surface area contributed by atoms with Crippen molar-refractivity contribution in [2.24, 2.45) is 0 Å². The minimum atomic E-state index is -3.36. The molecule has 0 aromatic heterocycles. The van der Waals surface area contributed by atoms with Gasteiger partial charge in [-0.1, -0.05) is 30.3 Å². The molecule has 0 aliphatic rings. The Morgan fingerprint density at radius 2 is 2.05 bits per heavy atom. The van der Waals surface area contributed by atoms with Gasteiger partial charge in [0.05, 0.1) is 6.26 Å². The van der Waals surface area contributed by atoms with E-state index in [-0.39, 0.29) is 25.4 Å². The molecule has 0 unspecified atom stereocenters. The van der Waals surface area contributed by atoms with Gasteiger partial charge in [-0.25, -0.2) is 8.42 Å². The minimum absolute atomic E-state index is 0.132. The summed E-state index contributed by atoms with van der Waals surface area (Å²) in [6.45, 7) is 6.27. The highest BCUT2D eigenvalue weighted by Crippen LogP contribution is 2.13. The number of benzene rings is 1. The monoisotopic (exact) mass is 310 g/mol. The number of carbonyl (C=O) groups excluding carboxylic acids is 1. The van der Waals surface area contributed by atoms with E-state index in [9.17, 15) is 13.2 Å². The van der Waals surface area contributed by atoms with Crippen LogP contribution in [-0.2, 0) is 21.4 Å². The van der Waals surface area contributed by atoms with E-state index >= 15 is 0 Å². The summed E-state index contributed by atoms with van der Waals surface area (Å²) in [5, 5.41) is 2.64. The molecule has 0 radical (unpaired) electrons. The summed E-state index contributed by atoms with van der Waals surface area (Å²) in [6.07, 6.45) is 2.87. The Kier molecular flexibility index (Phi) is 6.58. The number of nitrogens with zero attached hydrogens (tertiary/aromatic N) is 1. The second-order valence-corrected chi connectivity index (χ2v) is 6.85. The summed E-state index contributed by atoms with van der Waals surface area (Å²) in [6, 6.07) is 7.61. The molecule has 0 saturated carbocycles. The normalized spacial score (nSPS) is 11.4. The Morgan fingerprint density at radius 1 is 1.38 bits per heavy atom. The van der Waals surface area contributed by atoms with Gasteiger partial charge in [-0.15, -0.1) is 6.58 Å². The molecule has 0 fully saturated rings. The second-order valence-electron chi connectivity index (χ2n) is 4.87. The molecule has 0 spiro atoms. The van der Waals surface area contributed by atoms with Crippen LogP contribution in [0.25, 0.3) is 0 Å². The highest BCUT2D eigenvalue weighted by atomic mass is 32.2. The lowest BCUT2D eigenvalue weighted by Gasteiger charge is -2.20. The van der Waals surface area contributed by atoms with E-state index in [1.54, 1.807) is 6.08 Å². The van der Waals surface area contributed by atoms with Crippen LogP contribution in [0.5, 0.6) is 0 Å². The van der Waals surface area contributed by atoms with Crippen LogP contribution in [0.4, 0.5) is 0 Å². The van der Waals surface area contributed by atoms with Crippen molar-refractivity contribution in [3.63, 3.8) is 0 Å². The van der Waals surface area contributed by atoms with Crippen LogP contribution < -0.4 is 5.32 Å². The molecule has 116 valence electrons. The van der Waals surface area contributed by atoms with E-state index in [1.807, 2.05) is 31.2 Å². The van der Waals surface area contributed by atoms with E-state index in [4.69, 9.17) is 0 Å². The highest BCUT2D eigenvalue weighted by Gasteiger charge is 2.18. The zero-order valence-corrected chi connectivity index (χ0v) is 13.3. The number of amides is 1. The maximum absolute atomic E-state index is 11.9. The summed E-state index contributed by atoms with van der Waals surface area (Å²) < 4.78 is 25.0. The van der Waals surface area contributed by atoms with Crippen molar-refractivity contribution in [1.82, 2.24) is 9.62 Å². The van der Waals surface area contributed by atoms with Crippen molar-refractivity contribution in [2.45, 2.75) is 19.9 Å². The molecular formula is C15H22N2O3S. The molecular weight excluding hydrogens is 288 g/mol. The molecule has 1 aromatic carbocycles. The molecule has 1 amide bonds. The van der Waals surface area contributed by atoms with Crippen molar-refractivity contribution in [3.05, 3.63) is 48.0 Å². The Hall–Kier alpha value is -1.66. The summed E-state index contributed by atoms with van der Waals surface area (Å²) in [5.41, 5.74) is 1.97. The van der Waals surface area contributed by atoms with E-state index in [2.05, 4.69) is 11.9 Å². The van der Waals surface area contributed by atoms with Gasteiger partial charge in [0, 0.05) is 26.1 Å². The predicted octanol–water partition coefficient (Wildman–Crippen LogP) is 1.45. The fourth-order valence-corrected chi connectivity index (χ4v) is 2.64. The Morgan fingerprint density at radius 3 is 2.62 bits per heavy atom. The first kappa shape index (κ1) is 17.4. The Labute approximate surface area is 126 Å². The van der Waals surface area contributed by atoms with Gasteiger partial charge in [0.25, 0.3) is 0 Å². The van der Waals surface area contributed by atoms with Gasteiger partial charge in [0.15, 0.2) is 0 Å². The summed E-state index contributed by atoms with van der Waals surface area (Å²) in [7, 11) is -3.36. The van der Waals surface area contributed by atoms with Crippen LogP contribution in [0.2, 0.25) is 0 Å². The third-order valence-corrected chi connectivity index (χ3v) is 4.36. The first-order valence-corrected chi connectivity index (χ1v) is 8.56. The van der Waals surface area contributed by atoms with Gasteiger partial charge in [-0.05, 0) is 18.1 Å². The SMILES string of the molecule is C=CCNC(=O)CCN(Cc1ccccc1C)S(C)(=O)=O. The van der Waals surface area contributed by atoms with Crippen molar-refractivity contribution in [3.8, 4) is 0 Å². The van der Waals surface area contributed by atoms with Crippen LogP contribution in [0.1, 0.15) is 17.5 Å². The first-order valence-electron chi connectivity index (χ1n) is 6.72. The predicted molar refractivity (Wildman–Crippen MR) is 84.3 cm³/mol. The van der Waals surface area contributed by atoms with Gasteiger partial charge in [0.2, 0.25) is 15.9 Å². The third-order valence-electron chi connectivity index (χ3n) is 3.11. The lowest BCUT2D eigenvalue weighted by molar-refractivity contribution is -0.121. The smallest absolute Gasteiger partial charge is 0.221 e. The summed E-state index contributed by atoms with van der Waals surface area (Å²) >= 11 is 0. The van der Waals surface area contributed by atoms with Gasteiger partial charge < -0.3 is 5.32 Å². The lowest BCUT2D eigenvalue weighted by atomic mass is 10.1.